The first kappa shape index (κ1) is 12.9. The van der Waals surface area contributed by atoms with Crippen LogP contribution in [0, 0.1) is 6.92 Å². The Morgan fingerprint density at radius 1 is 1.39 bits per heavy atom. The molecule has 7 heteroatoms. The molecular weight excluding hydrogens is 274 g/mol. The van der Waals surface area contributed by atoms with E-state index >= 15 is 0 Å². The standard InChI is InChI=1S/C11H12ClN3O2S/c1-8-3-4-10(5-11(8)12)18(16,17)14-9-6-13-15(2)7-9/h3-7,14H,1-2H3. The van der Waals surface area contributed by atoms with Gasteiger partial charge in [0.25, 0.3) is 10.0 Å². The van der Waals surface area contributed by atoms with E-state index in [4.69, 9.17) is 11.6 Å². The molecule has 1 aromatic heterocycles. The Morgan fingerprint density at radius 2 is 2.11 bits per heavy atom. The van der Waals surface area contributed by atoms with Gasteiger partial charge in [-0.2, -0.15) is 5.10 Å². The third kappa shape index (κ3) is 2.65. The van der Waals surface area contributed by atoms with Crippen molar-refractivity contribution in [3.63, 3.8) is 0 Å². The quantitative estimate of drug-likeness (QED) is 0.940. The highest BCUT2D eigenvalue weighted by Gasteiger charge is 2.15. The predicted octanol–water partition coefficient (Wildman–Crippen LogP) is 2.18. The molecule has 1 heterocycles. The van der Waals surface area contributed by atoms with E-state index in [2.05, 4.69) is 9.82 Å². The van der Waals surface area contributed by atoms with Crippen LogP contribution in [0.4, 0.5) is 5.69 Å². The number of hydrogen-bond acceptors (Lipinski definition) is 3. The number of halogens is 1. The highest BCUT2D eigenvalue weighted by Crippen LogP contribution is 2.21. The molecule has 0 aliphatic heterocycles. The van der Waals surface area contributed by atoms with E-state index < -0.39 is 10.0 Å². The molecule has 1 aromatic carbocycles. The lowest BCUT2D eigenvalue weighted by Crippen LogP contribution is -2.12. The van der Waals surface area contributed by atoms with Gasteiger partial charge in [0.05, 0.1) is 16.8 Å². The Labute approximate surface area is 110 Å². The van der Waals surface area contributed by atoms with Crippen molar-refractivity contribution in [1.29, 1.82) is 0 Å². The zero-order chi connectivity index (χ0) is 13.3. The number of rotatable bonds is 3. The lowest BCUT2D eigenvalue weighted by molar-refractivity contribution is 0.601. The number of sulfonamides is 1. The van der Waals surface area contributed by atoms with Gasteiger partial charge in [-0.1, -0.05) is 17.7 Å². The number of aryl methyl sites for hydroxylation is 2. The van der Waals surface area contributed by atoms with Crippen LogP contribution in [0.2, 0.25) is 5.02 Å². The fourth-order valence-electron chi connectivity index (χ4n) is 1.43. The molecule has 0 aliphatic rings. The minimum atomic E-state index is -3.63. The van der Waals surface area contributed by atoms with Crippen LogP contribution in [0.25, 0.3) is 0 Å². The van der Waals surface area contributed by atoms with Crippen molar-refractivity contribution >= 4 is 27.3 Å². The second kappa shape index (κ2) is 4.62. The van der Waals surface area contributed by atoms with Gasteiger partial charge in [0.2, 0.25) is 0 Å². The molecule has 0 aliphatic carbocycles. The van der Waals surface area contributed by atoms with Gasteiger partial charge >= 0.3 is 0 Å². The minimum absolute atomic E-state index is 0.127. The van der Waals surface area contributed by atoms with Crippen molar-refractivity contribution in [3.8, 4) is 0 Å². The van der Waals surface area contributed by atoms with E-state index in [0.717, 1.165) is 5.56 Å². The van der Waals surface area contributed by atoms with Crippen LogP contribution in [0.15, 0.2) is 35.5 Å². The summed E-state index contributed by atoms with van der Waals surface area (Å²) in [6.07, 6.45) is 3.01. The Bertz CT molecular complexity index is 679. The number of anilines is 1. The van der Waals surface area contributed by atoms with E-state index in [9.17, 15) is 8.42 Å². The molecule has 0 unspecified atom stereocenters. The SMILES string of the molecule is Cc1ccc(S(=O)(=O)Nc2cnn(C)c2)cc1Cl. The van der Waals surface area contributed by atoms with Crippen molar-refractivity contribution in [3.05, 3.63) is 41.2 Å². The maximum Gasteiger partial charge on any atom is 0.262 e. The number of benzene rings is 1. The Morgan fingerprint density at radius 3 is 2.67 bits per heavy atom. The number of aromatic nitrogens is 2. The summed E-state index contributed by atoms with van der Waals surface area (Å²) < 4.78 is 28.1. The third-order valence-corrected chi connectivity index (χ3v) is 4.20. The van der Waals surface area contributed by atoms with Crippen molar-refractivity contribution in [2.45, 2.75) is 11.8 Å². The first-order valence-corrected chi connectivity index (χ1v) is 7.02. The first-order valence-electron chi connectivity index (χ1n) is 5.16. The molecule has 0 atom stereocenters. The van der Waals surface area contributed by atoms with Crippen LogP contribution in [0.3, 0.4) is 0 Å². The molecule has 0 spiro atoms. The van der Waals surface area contributed by atoms with Gasteiger partial charge in [-0.05, 0) is 24.6 Å². The molecule has 0 fully saturated rings. The summed E-state index contributed by atoms with van der Waals surface area (Å²) >= 11 is 5.92. The number of hydrogen-bond donors (Lipinski definition) is 1. The van der Waals surface area contributed by atoms with Crippen LogP contribution in [0.5, 0.6) is 0 Å². The van der Waals surface area contributed by atoms with Gasteiger partial charge in [-0.3, -0.25) is 9.40 Å². The van der Waals surface area contributed by atoms with Crippen LogP contribution >= 0.6 is 11.6 Å². The van der Waals surface area contributed by atoms with E-state index in [-0.39, 0.29) is 4.90 Å². The van der Waals surface area contributed by atoms with Crippen LogP contribution in [-0.2, 0) is 17.1 Å². The molecular formula is C11H12ClN3O2S. The monoisotopic (exact) mass is 285 g/mol. The molecule has 96 valence electrons. The lowest BCUT2D eigenvalue weighted by Gasteiger charge is -2.07. The Balaban J connectivity index is 2.33. The molecule has 5 nitrogen and oxygen atoms in total. The van der Waals surface area contributed by atoms with Crippen molar-refractivity contribution in [2.24, 2.45) is 7.05 Å². The van der Waals surface area contributed by atoms with Crippen molar-refractivity contribution in [2.75, 3.05) is 4.72 Å². The molecule has 0 bridgehead atoms. The minimum Gasteiger partial charge on any atom is -0.276 e. The summed E-state index contributed by atoms with van der Waals surface area (Å²) in [6, 6.07) is 4.61. The summed E-state index contributed by atoms with van der Waals surface area (Å²) in [5, 5.41) is 4.31. The Hall–Kier alpha value is -1.53. The average molecular weight is 286 g/mol. The van der Waals surface area contributed by atoms with Gasteiger partial charge in [0.15, 0.2) is 0 Å². The van der Waals surface area contributed by atoms with Crippen molar-refractivity contribution in [1.82, 2.24) is 9.78 Å². The van der Waals surface area contributed by atoms with E-state index in [0.29, 0.717) is 10.7 Å². The molecule has 2 rings (SSSR count). The largest absolute Gasteiger partial charge is 0.276 e. The molecule has 0 saturated heterocycles. The maximum absolute atomic E-state index is 12.1. The molecule has 0 amide bonds. The molecule has 0 saturated carbocycles. The molecule has 18 heavy (non-hydrogen) atoms. The summed E-state index contributed by atoms with van der Waals surface area (Å²) in [5.41, 5.74) is 1.24. The third-order valence-electron chi connectivity index (χ3n) is 2.41. The summed E-state index contributed by atoms with van der Waals surface area (Å²) in [4.78, 5) is 0.127. The van der Waals surface area contributed by atoms with Crippen LogP contribution in [0.1, 0.15) is 5.56 Å². The van der Waals surface area contributed by atoms with E-state index in [1.807, 2.05) is 6.92 Å². The van der Waals surface area contributed by atoms with Gasteiger partial charge < -0.3 is 0 Å². The fraction of sp³-hybridized carbons (Fsp3) is 0.182. The highest BCUT2D eigenvalue weighted by atomic mass is 35.5. The zero-order valence-corrected chi connectivity index (χ0v) is 11.5. The topological polar surface area (TPSA) is 64.0 Å². The van der Waals surface area contributed by atoms with Gasteiger partial charge in [-0.15, -0.1) is 0 Å². The van der Waals surface area contributed by atoms with Crippen LogP contribution in [-0.4, -0.2) is 18.2 Å². The predicted molar refractivity (Wildman–Crippen MR) is 70.2 cm³/mol. The summed E-state index contributed by atoms with van der Waals surface area (Å²) in [5.74, 6) is 0. The molecule has 0 radical (unpaired) electrons. The van der Waals surface area contributed by atoms with E-state index in [1.54, 1.807) is 19.3 Å². The van der Waals surface area contributed by atoms with Crippen molar-refractivity contribution < 1.29 is 8.42 Å². The Kier molecular flexibility index (Phi) is 3.32. The summed E-state index contributed by atoms with van der Waals surface area (Å²) in [6.45, 7) is 1.81. The molecule has 2 aromatic rings. The number of nitrogens with one attached hydrogen (secondary N) is 1. The second-order valence-corrected chi connectivity index (χ2v) is 6.01. The average Bonchev–Trinajstić information content (AvgIpc) is 2.67. The van der Waals surface area contributed by atoms with Gasteiger partial charge in [-0.25, -0.2) is 8.42 Å². The fourth-order valence-corrected chi connectivity index (χ4v) is 2.73. The smallest absolute Gasteiger partial charge is 0.262 e. The van der Waals surface area contributed by atoms with E-state index in [1.165, 1.54) is 23.0 Å². The first-order chi connectivity index (χ1) is 8.38. The second-order valence-electron chi connectivity index (χ2n) is 3.92. The van der Waals surface area contributed by atoms with Gasteiger partial charge in [0, 0.05) is 18.3 Å². The normalized spacial score (nSPS) is 11.5. The number of nitrogens with zero attached hydrogens (tertiary/aromatic N) is 2. The maximum atomic E-state index is 12.1. The van der Waals surface area contributed by atoms with Gasteiger partial charge in [0.1, 0.15) is 0 Å². The lowest BCUT2D eigenvalue weighted by atomic mass is 10.2. The zero-order valence-electron chi connectivity index (χ0n) is 9.88. The van der Waals surface area contributed by atoms with Crippen LogP contribution < -0.4 is 4.72 Å². The highest BCUT2D eigenvalue weighted by molar-refractivity contribution is 7.92. The molecule has 1 N–H and O–H groups in total. The summed E-state index contributed by atoms with van der Waals surface area (Å²) in [7, 11) is -1.92.